The highest BCUT2D eigenvalue weighted by atomic mass is 14.9. The molecule has 0 saturated heterocycles. The fourth-order valence-electron chi connectivity index (χ4n) is 1.63. The summed E-state index contributed by atoms with van der Waals surface area (Å²) in [6.07, 6.45) is 3.63. The van der Waals surface area contributed by atoms with E-state index in [9.17, 15) is 0 Å². The lowest BCUT2D eigenvalue weighted by Gasteiger charge is -2.27. The van der Waals surface area contributed by atoms with E-state index in [1.54, 1.807) is 0 Å². The lowest BCUT2D eigenvalue weighted by Crippen LogP contribution is -2.37. The maximum Gasteiger partial charge on any atom is 0.0697 e. The van der Waals surface area contributed by atoms with Crippen molar-refractivity contribution in [3.05, 3.63) is 30.1 Å². The summed E-state index contributed by atoms with van der Waals surface area (Å²) in [4.78, 5) is 4.03. The van der Waals surface area contributed by atoms with Gasteiger partial charge in [-0.05, 0) is 31.5 Å². The van der Waals surface area contributed by atoms with Gasteiger partial charge in [0.2, 0.25) is 0 Å². The minimum atomic E-state index is -0.311. The molecule has 0 fully saturated rings. The standard InChI is InChI=1S/C14H21N3/c1-13(2,9-15)10-17-11-14(3,4)12-5-7-16-8-6-12/h5-8,17H,10-11H2,1-4H3. The van der Waals surface area contributed by atoms with Crippen molar-refractivity contribution < 1.29 is 0 Å². The summed E-state index contributed by atoms with van der Waals surface area (Å²) in [5.41, 5.74) is 0.998. The predicted molar refractivity (Wildman–Crippen MR) is 69.5 cm³/mol. The van der Waals surface area contributed by atoms with Crippen LogP contribution in [0, 0.1) is 16.7 Å². The van der Waals surface area contributed by atoms with Gasteiger partial charge in [-0.3, -0.25) is 4.98 Å². The van der Waals surface area contributed by atoms with E-state index in [2.05, 4.69) is 30.2 Å². The first-order valence-corrected chi connectivity index (χ1v) is 5.90. The van der Waals surface area contributed by atoms with Crippen LogP contribution in [-0.4, -0.2) is 18.1 Å². The zero-order valence-corrected chi connectivity index (χ0v) is 11.1. The van der Waals surface area contributed by atoms with Gasteiger partial charge >= 0.3 is 0 Å². The third-order valence-electron chi connectivity index (χ3n) is 2.90. The first-order valence-electron chi connectivity index (χ1n) is 5.90. The van der Waals surface area contributed by atoms with Crippen molar-refractivity contribution in [2.75, 3.05) is 13.1 Å². The van der Waals surface area contributed by atoms with Crippen LogP contribution in [0.15, 0.2) is 24.5 Å². The second kappa shape index (κ2) is 5.29. The Hall–Kier alpha value is -1.40. The van der Waals surface area contributed by atoms with Crippen molar-refractivity contribution in [3.63, 3.8) is 0 Å². The van der Waals surface area contributed by atoms with Crippen molar-refractivity contribution in [1.29, 1.82) is 5.26 Å². The van der Waals surface area contributed by atoms with Crippen molar-refractivity contribution in [3.8, 4) is 6.07 Å². The van der Waals surface area contributed by atoms with Gasteiger partial charge in [-0.25, -0.2) is 0 Å². The Kier molecular flexibility index (Phi) is 4.25. The van der Waals surface area contributed by atoms with Crippen LogP contribution in [0.2, 0.25) is 0 Å². The van der Waals surface area contributed by atoms with Gasteiger partial charge in [-0.2, -0.15) is 5.26 Å². The molecular formula is C14H21N3. The third kappa shape index (κ3) is 4.16. The monoisotopic (exact) mass is 231 g/mol. The van der Waals surface area contributed by atoms with Crippen molar-refractivity contribution in [2.45, 2.75) is 33.1 Å². The number of hydrogen-bond acceptors (Lipinski definition) is 3. The van der Waals surface area contributed by atoms with Gasteiger partial charge in [0.15, 0.2) is 0 Å². The number of rotatable bonds is 5. The summed E-state index contributed by atoms with van der Waals surface area (Å²) < 4.78 is 0. The highest BCUT2D eigenvalue weighted by molar-refractivity contribution is 5.21. The molecule has 3 heteroatoms. The number of hydrogen-bond donors (Lipinski definition) is 1. The molecule has 0 aliphatic carbocycles. The minimum Gasteiger partial charge on any atom is -0.314 e. The Morgan fingerprint density at radius 1 is 1.18 bits per heavy atom. The maximum atomic E-state index is 8.94. The molecule has 92 valence electrons. The zero-order chi connectivity index (χ0) is 12.9. The first kappa shape index (κ1) is 13.7. The van der Waals surface area contributed by atoms with Gasteiger partial charge < -0.3 is 5.32 Å². The first-order chi connectivity index (χ1) is 7.87. The van der Waals surface area contributed by atoms with Crippen LogP contribution in [0.5, 0.6) is 0 Å². The molecule has 0 aliphatic heterocycles. The topological polar surface area (TPSA) is 48.7 Å². The quantitative estimate of drug-likeness (QED) is 0.847. The molecule has 0 saturated carbocycles. The highest BCUT2D eigenvalue weighted by Crippen LogP contribution is 2.21. The van der Waals surface area contributed by atoms with Gasteiger partial charge in [0, 0.05) is 30.9 Å². The van der Waals surface area contributed by atoms with E-state index < -0.39 is 0 Å². The summed E-state index contributed by atoms with van der Waals surface area (Å²) in [5.74, 6) is 0. The second-order valence-corrected chi connectivity index (χ2v) is 5.72. The van der Waals surface area contributed by atoms with E-state index in [4.69, 9.17) is 5.26 Å². The summed E-state index contributed by atoms with van der Waals surface area (Å²) in [6.45, 7) is 9.82. The predicted octanol–water partition coefficient (Wildman–Crippen LogP) is 2.50. The van der Waals surface area contributed by atoms with E-state index in [-0.39, 0.29) is 10.8 Å². The highest BCUT2D eigenvalue weighted by Gasteiger charge is 2.22. The van der Waals surface area contributed by atoms with Crippen LogP contribution >= 0.6 is 0 Å². The van der Waals surface area contributed by atoms with E-state index in [0.717, 1.165) is 6.54 Å². The minimum absolute atomic E-state index is 0.0501. The van der Waals surface area contributed by atoms with Gasteiger partial charge in [0.05, 0.1) is 11.5 Å². The third-order valence-corrected chi connectivity index (χ3v) is 2.90. The van der Waals surface area contributed by atoms with Crippen molar-refractivity contribution >= 4 is 0 Å². The molecule has 0 radical (unpaired) electrons. The van der Waals surface area contributed by atoms with E-state index in [1.807, 2.05) is 38.4 Å². The van der Waals surface area contributed by atoms with Crippen LogP contribution in [0.25, 0.3) is 0 Å². The number of nitriles is 1. The van der Waals surface area contributed by atoms with Crippen LogP contribution < -0.4 is 5.32 Å². The molecule has 0 spiro atoms. The van der Waals surface area contributed by atoms with Gasteiger partial charge in [0.1, 0.15) is 0 Å². The molecule has 0 atom stereocenters. The Morgan fingerprint density at radius 3 is 2.29 bits per heavy atom. The lowest BCUT2D eigenvalue weighted by molar-refractivity contribution is 0.397. The second-order valence-electron chi connectivity index (χ2n) is 5.72. The Labute approximate surface area is 104 Å². The number of nitrogens with zero attached hydrogens (tertiary/aromatic N) is 2. The number of pyridine rings is 1. The SMILES string of the molecule is CC(C)(C#N)CNCC(C)(C)c1ccncc1. The van der Waals surface area contributed by atoms with Crippen molar-refractivity contribution in [1.82, 2.24) is 10.3 Å². The van der Waals surface area contributed by atoms with Gasteiger partial charge in [-0.1, -0.05) is 13.8 Å². The van der Waals surface area contributed by atoms with Crippen LogP contribution in [0.1, 0.15) is 33.3 Å². The molecule has 1 aromatic rings. The smallest absolute Gasteiger partial charge is 0.0697 e. The summed E-state index contributed by atoms with van der Waals surface area (Å²) in [5, 5.41) is 12.3. The number of nitrogens with one attached hydrogen (secondary N) is 1. The van der Waals surface area contributed by atoms with Gasteiger partial charge in [0.25, 0.3) is 0 Å². The molecule has 3 nitrogen and oxygen atoms in total. The molecule has 1 rings (SSSR count). The fourth-order valence-corrected chi connectivity index (χ4v) is 1.63. The van der Waals surface area contributed by atoms with E-state index in [0.29, 0.717) is 6.54 Å². The lowest BCUT2D eigenvalue weighted by atomic mass is 9.85. The van der Waals surface area contributed by atoms with Crippen LogP contribution in [0.3, 0.4) is 0 Å². The maximum absolute atomic E-state index is 8.94. The molecule has 0 amide bonds. The zero-order valence-electron chi connectivity index (χ0n) is 11.1. The molecular weight excluding hydrogens is 210 g/mol. The number of aromatic nitrogens is 1. The Balaban J connectivity index is 2.55. The summed E-state index contributed by atoms with van der Waals surface area (Å²) in [6, 6.07) is 6.37. The average molecular weight is 231 g/mol. The summed E-state index contributed by atoms with van der Waals surface area (Å²) >= 11 is 0. The molecule has 0 unspecified atom stereocenters. The molecule has 1 N–H and O–H groups in total. The van der Waals surface area contributed by atoms with Crippen LogP contribution in [0.4, 0.5) is 0 Å². The fraction of sp³-hybridized carbons (Fsp3) is 0.571. The molecule has 1 heterocycles. The molecule has 0 bridgehead atoms. The molecule has 0 aromatic carbocycles. The largest absolute Gasteiger partial charge is 0.314 e. The molecule has 17 heavy (non-hydrogen) atoms. The van der Waals surface area contributed by atoms with E-state index in [1.165, 1.54) is 5.56 Å². The van der Waals surface area contributed by atoms with E-state index >= 15 is 0 Å². The van der Waals surface area contributed by atoms with Gasteiger partial charge in [-0.15, -0.1) is 0 Å². The van der Waals surface area contributed by atoms with Crippen molar-refractivity contribution in [2.24, 2.45) is 5.41 Å². The Bertz CT molecular complexity index is 388. The average Bonchev–Trinajstić information content (AvgIpc) is 2.30. The van der Waals surface area contributed by atoms with Crippen LogP contribution in [-0.2, 0) is 5.41 Å². The molecule has 0 aliphatic rings. The Morgan fingerprint density at radius 2 is 1.76 bits per heavy atom. The normalized spacial score (nSPS) is 12.2. The summed E-state index contributed by atoms with van der Waals surface area (Å²) in [7, 11) is 0. The molecule has 1 aromatic heterocycles.